The van der Waals surface area contributed by atoms with Crippen LogP contribution in [0.4, 0.5) is 0 Å². The van der Waals surface area contributed by atoms with Crippen molar-refractivity contribution in [3.63, 3.8) is 0 Å². The summed E-state index contributed by atoms with van der Waals surface area (Å²) in [6.07, 6.45) is 4.50. The van der Waals surface area contributed by atoms with Crippen molar-refractivity contribution in [1.29, 1.82) is 0 Å². The number of aromatic nitrogens is 1. The van der Waals surface area contributed by atoms with E-state index in [-0.39, 0.29) is 30.3 Å². The highest BCUT2D eigenvalue weighted by Gasteiger charge is 2.46. The minimum absolute atomic E-state index is 0.185. The van der Waals surface area contributed by atoms with Gasteiger partial charge in [-0.25, -0.2) is 0 Å². The molecular weight excluding hydrogens is 646 g/mol. The van der Waals surface area contributed by atoms with E-state index >= 15 is 0 Å². The predicted molar refractivity (Wildman–Crippen MR) is 188 cm³/mol. The van der Waals surface area contributed by atoms with Gasteiger partial charge >= 0.3 is 0 Å². The third kappa shape index (κ3) is 9.58. The van der Waals surface area contributed by atoms with Crippen LogP contribution in [-0.2, 0) is 16.9 Å². The lowest BCUT2D eigenvalue weighted by Gasteiger charge is -2.28. The van der Waals surface area contributed by atoms with Gasteiger partial charge < -0.3 is 40.5 Å². The molecular formula is C38H50ClN3O7. The van der Waals surface area contributed by atoms with Gasteiger partial charge in [-0.2, -0.15) is 0 Å². The summed E-state index contributed by atoms with van der Waals surface area (Å²) in [5, 5.41) is 53.0. The van der Waals surface area contributed by atoms with E-state index in [4.69, 9.17) is 21.4 Å². The molecule has 1 heterocycles. The SMILES string of the molecule is CC(CCCCC(=O)N(C)C[C@H](O)[C@@H](O)[C@H](O)[C@H](O)CO)c1ccc(Cl)c(CNC2(c3cnccc3-c3ccccc3OC3CC3)CC2)c1. The van der Waals surface area contributed by atoms with Crippen molar-refractivity contribution in [2.24, 2.45) is 0 Å². The first-order valence-electron chi connectivity index (χ1n) is 17.3. The molecule has 266 valence electrons. The maximum absolute atomic E-state index is 12.6. The number of carbonyl (C=O) groups excluding carboxylic acids is 1. The van der Waals surface area contributed by atoms with E-state index in [9.17, 15) is 25.2 Å². The number of likely N-dealkylation sites (N-methyl/N-ethyl adjacent to an activating group) is 1. The van der Waals surface area contributed by atoms with Crippen LogP contribution in [0.1, 0.15) is 80.9 Å². The van der Waals surface area contributed by atoms with E-state index in [0.717, 1.165) is 61.0 Å². The van der Waals surface area contributed by atoms with Crippen molar-refractivity contribution >= 4 is 17.5 Å². The third-order valence-corrected chi connectivity index (χ3v) is 10.2. The minimum atomic E-state index is -1.72. The smallest absolute Gasteiger partial charge is 0.222 e. The number of halogens is 1. The molecule has 2 saturated carbocycles. The maximum atomic E-state index is 12.6. The number of amides is 1. The van der Waals surface area contributed by atoms with Crippen molar-refractivity contribution in [3.8, 4) is 16.9 Å². The Morgan fingerprint density at radius 1 is 1.04 bits per heavy atom. The number of aliphatic hydroxyl groups excluding tert-OH is 5. The van der Waals surface area contributed by atoms with E-state index in [2.05, 4.69) is 53.6 Å². The Kier molecular flexibility index (Phi) is 12.7. The van der Waals surface area contributed by atoms with Crippen molar-refractivity contribution in [2.75, 3.05) is 20.2 Å². The van der Waals surface area contributed by atoms with Gasteiger partial charge in [-0.15, -0.1) is 0 Å². The number of rotatable bonds is 19. The van der Waals surface area contributed by atoms with Crippen LogP contribution >= 0.6 is 11.6 Å². The first kappa shape index (κ1) is 37.2. The highest BCUT2D eigenvalue weighted by molar-refractivity contribution is 6.31. The molecule has 6 N–H and O–H groups in total. The highest BCUT2D eigenvalue weighted by Crippen LogP contribution is 2.50. The monoisotopic (exact) mass is 695 g/mol. The number of unbranched alkanes of at least 4 members (excludes halogenated alkanes) is 1. The molecule has 1 amide bonds. The van der Waals surface area contributed by atoms with Gasteiger partial charge in [0.1, 0.15) is 30.2 Å². The Labute approximate surface area is 293 Å². The van der Waals surface area contributed by atoms with Gasteiger partial charge in [0, 0.05) is 55.1 Å². The number of pyridine rings is 1. The lowest BCUT2D eigenvalue weighted by atomic mass is 9.93. The molecule has 10 nitrogen and oxygen atoms in total. The molecule has 0 aliphatic heterocycles. The number of nitrogens with one attached hydrogen (secondary N) is 1. The first-order chi connectivity index (χ1) is 23.5. The second-order valence-electron chi connectivity index (χ2n) is 13.7. The summed E-state index contributed by atoms with van der Waals surface area (Å²) >= 11 is 6.70. The third-order valence-electron chi connectivity index (χ3n) is 9.83. The van der Waals surface area contributed by atoms with Gasteiger partial charge in [0.25, 0.3) is 0 Å². The Bertz CT molecular complexity index is 1550. The lowest BCUT2D eigenvalue weighted by Crippen LogP contribution is -2.49. The van der Waals surface area contributed by atoms with Crippen LogP contribution in [-0.4, -0.2) is 92.0 Å². The largest absolute Gasteiger partial charge is 0.490 e. The lowest BCUT2D eigenvalue weighted by molar-refractivity contribution is -0.138. The van der Waals surface area contributed by atoms with Crippen LogP contribution in [0.5, 0.6) is 5.75 Å². The van der Waals surface area contributed by atoms with Crippen molar-refractivity contribution in [2.45, 2.75) is 107 Å². The molecule has 5 rings (SSSR count). The van der Waals surface area contributed by atoms with E-state index in [0.29, 0.717) is 24.1 Å². The molecule has 2 aliphatic rings. The molecule has 0 radical (unpaired) electrons. The van der Waals surface area contributed by atoms with E-state index in [1.54, 1.807) is 0 Å². The van der Waals surface area contributed by atoms with Crippen LogP contribution in [0.25, 0.3) is 11.1 Å². The van der Waals surface area contributed by atoms with E-state index in [1.165, 1.54) is 23.1 Å². The molecule has 0 spiro atoms. The summed E-state index contributed by atoms with van der Waals surface area (Å²) in [5.74, 6) is 0.976. The minimum Gasteiger partial charge on any atom is -0.490 e. The summed E-state index contributed by atoms with van der Waals surface area (Å²) in [6.45, 7) is 1.82. The summed E-state index contributed by atoms with van der Waals surface area (Å²) < 4.78 is 6.26. The topological polar surface area (TPSA) is 156 Å². The molecule has 49 heavy (non-hydrogen) atoms. The molecule has 2 aliphatic carbocycles. The number of hydrogen-bond donors (Lipinski definition) is 6. The summed E-state index contributed by atoms with van der Waals surface area (Å²) in [4.78, 5) is 18.4. The van der Waals surface area contributed by atoms with Gasteiger partial charge in [0.05, 0.1) is 12.7 Å². The first-order valence-corrected chi connectivity index (χ1v) is 17.7. The number of hydrogen-bond acceptors (Lipinski definition) is 9. The average Bonchev–Trinajstić information content (AvgIpc) is 4.06. The number of carbonyl (C=O) groups is 1. The maximum Gasteiger partial charge on any atom is 0.222 e. The Balaban J connectivity index is 1.13. The fraction of sp³-hybridized carbons (Fsp3) is 0.526. The average molecular weight is 696 g/mol. The molecule has 2 fully saturated rings. The van der Waals surface area contributed by atoms with E-state index < -0.39 is 31.0 Å². The van der Waals surface area contributed by atoms with Gasteiger partial charge in [-0.1, -0.05) is 55.3 Å². The summed E-state index contributed by atoms with van der Waals surface area (Å²) in [7, 11) is 1.52. The zero-order valence-electron chi connectivity index (χ0n) is 28.3. The van der Waals surface area contributed by atoms with Crippen molar-refractivity contribution < 1.29 is 35.1 Å². The number of nitrogens with zero attached hydrogens (tertiary/aromatic N) is 2. The quantitative estimate of drug-likeness (QED) is 0.101. The zero-order chi connectivity index (χ0) is 35.1. The van der Waals surface area contributed by atoms with Crippen LogP contribution in [0.3, 0.4) is 0 Å². The van der Waals surface area contributed by atoms with Crippen molar-refractivity contribution in [1.82, 2.24) is 15.2 Å². The summed E-state index contributed by atoms with van der Waals surface area (Å²) in [6, 6.07) is 16.5. The zero-order valence-corrected chi connectivity index (χ0v) is 29.1. The molecule has 3 aromatic rings. The number of para-hydroxylation sites is 1. The standard InChI is InChI=1S/C38H50ClN3O7/c1-24(7-3-6-10-35(46)42(2)22-32(44)36(47)37(48)33(45)23-43)25-11-14-31(39)26(19-25)20-41-38(16-17-38)30-21-40-18-15-28(30)29-8-4-5-9-34(29)49-27-12-13-27/h4-5,8-9,11,14-15,18-19,21,24,27,32-33,36-37,41,43-45,47-48H,3,6-7,10,12-13,16-17,20,22-23H2,1-2H3/t24?,32-,33+,36+,37+/m0/s1. The number of benzene rings is 2. The van der Waals surface area contributed by atoms with Crippen molar-refractivity contribution in [3.05, 3.63) is 82.6 Å². The van der Waals surface area contributed by atoms with Crippen LogP contribution in [0.15, 0.2) is 60.9 Å². The molecule has 1 aromatic heterocycles. The van der Waals surface area contributed by atoms with Gasteiger partial charge in [-0.05, 0) is 84.9 Å². The normalized spacial score (nSPS) is 18.3. The molecule has 0 bridgehead atoms. The summed E-state index contributed by atoms with van der Waals surface area (Å²) in [5.41, 5.74) is 5.44. The molecule has 0 saturated heterocycles. The van der Waals surface area contributed by atoms with Gasteiger partial charge in [0.2, 0.25) is 5.91 Å². The predicted octanol–water partition coefficient (Wildman–Crippen LogP) is 4.28. The van der Waals surface area contributed by atoms with Crippen LogP contribution < -0.4 is 10.1 Å². The number of ether oxygens (including phenoxy) is 1. The Morgan fingerprint density at radius 3 is 2.49 bits per heavy atom. The Morgan fingerprint density at radius 2 is 1.78 bits per heavy atom. The Hall–Kier alpha value is -3.09. The molecule has 2 aromatic carbocycles. The second-order valence-corrected chi connectivity index (χ2v) is 14.1. The number of aliphatic hydroxyl groups is 5. The van der Waals surface area contributed by atoms with Crippen LogP contribution in [0, 0.1) is 0 Å². The fourth-order valence-electron chi connectivity index (χ4n) is 6.27. The molecule has 11 heteroatoms. The van der Waals surface area contributed by atoms with Crippen LogP contribution in [0.2, 0.25) is 5.02 Å². The molecule has 5 atom stereocenters. The van der Waals surface area contributed by atoms with Gasteiger partial charge in [-0.3, -0.25) is 9.78 Å². The fourth-order valence-corrected chi connectivity index (χ4v) is 6.46. The highest BCUT2D eigenvalue weighted by atomic mass is 35.5. The van der Waals surface area contributed by atoms with E-state index in [1.807, 2.05) is 24.5 Å². The van der Waals surface area contributed by atoms with Gasteiger partial charge in [0.15, 0.2) is 0 Å². The molecule has 1 unspecified atom stereocenters. The second kappa shape index (κ2) is 16.7.